The number of rotatable bonds is 3. The number of thioether (sulfide) groups is 1. The van der Waals surface area contributed by atoms with Crippen LogP contribution in [0.4, 0.5) is 0 Å². The maximum atomic E-state index is 5.34. The zero-order valence-electron chi connectivity index (χ0n) is 9.89. The van der Waals surface area contributed by atoms with Gasteiger partial charge in [-0.15, -0.1) is 0 Å². The molecule has 2 aliphatic rings. The lowest BCUT2D eigenvalue weighted by atomic mass is 10.2. The predicted octanol–water partition coefficient (Wildman–Crippen LogP) is 1.04. The van der Waals surface area contributed by atoms with Crippen molar-refractivity contribution in [2.45, 2.75) is 24.6 Å². The van der Waals surface area contributed by atoms with Crippen LogP contribution in [-0.4, -0.2) is 47.0 Å². The molecule has 94 valence electrons. The van der Waals surface area contributed by atoms with E-state index in [0.717, 1.165) is 44.4 Å². The summed E-state index contributed by atoms with van der Waals surface area (Å²) < 4.78 is 5.34. The van der Waals surface area contributed by atoms with Crippen molar-refractivity contribution in [3.05, 3.63) is 11.7 Å². The van der Waals surface area contributed by atoms with E-state index in [1.54, 1.807) is 0 Å². The molecule has 1 N–H and O–H groups in total. The highest BCUT2D eigenvalue weighted by Crippen LogP contribution is 2.38. The summed E-state index contributed by atoms with van der Waals surface area (Å²) in [4.78, 5) is 6.88. The number of piperazine rings is 1. The molecule has 0 spiro atoms. The molecular weight excluding hydrogens is 236 g/mol. The molecule has 0 amide bonds. The highest BCUT2D eigenvalue weighted by molar-refractivity contribution is 7.99. The Morgan fingerprint density at radius 3 is 3.06 bits per heavy atom. The predicted molar refractivity (Wildman–Crippen MR) is 66.9 cm³/mol. The van der Waals surface area contributed by atoms with Crippen molar-refractivity contribution >= 4 is 11.8 Å². The lowest BCUT2D eigenvalue weighted by Crippen LogP contribution is -2.42. The van der Waals surface area contributed by atoms with E-state index in [1.807, 2.05) is 11.8 Å². The summed E-state index contributed by atoms with van der Waals surface area (Å²) in [5.74, 6) is 2.90. The molecule has 2 fully saturated rings. The average Bonchev–Trinajstić information content (AvgIpc) is 3.00. The van der Waals surface area contributed by atoms with Crippen molar-refractivity contribution < 1.29 is 4.52 Å². The maximum absolute atomic E-state index is 5.34. The average molecular weight is 254 g/mol. The van der Waals surface area contributed by atoms with Crippen molar-refractivity contribution in [1.82, 2.24) is 20.4 Å². The first-order chi connectivity index (χ1) is 8.42. The molecule has 6 heteroatoms. The topological polar surface area (TPSA) is 54.2 Å². The lowest BCUT2D eigenvalue weighted by molar-refractivity contribution is 0.203. The molecule has 5 nitrogen and oxygen atoms in total. The third kappa shape index (κ3) is 2.81. The van der Waals surface area contributed by atoms with E-state index < -0.39 is 0 Å². The Morgan fingerprint density at radius 2 is 2.29 bits per heavy atom. The van der Waals surface area contributed by atoms with Gasteiger partial charge in [0.1, 0.15) is 0 Å². The summed E-state index contributed by atoms with van der Waals surface area (Å²) in [6.07, 6.45) is 2.47. The van der Waals surface area contributed by atoms with Gasteiger partial charge in [-0.2, -0.15) is 16.7 Å². The molecule has 1 aromatic heterocycles. The largest absolute Gasteiger partial charge is 0.338 e. The monoisotopic (exact) mass is 254 g/mol. The Kier molecular flexibility index (Phi) is 3.63. The maximum Gasteiger partial charge on any atom is 0.240 e. The van der Waals surface area contributed by atoms with Gasteiger partial charge in [0.2, 0.25) is 5.89 Å². The van der Waals surface area contributed by atoms with Crippen LogP contribution >= 0.6 is 11.8 Å². The van der Waals surface area contributed by atoms with Crippen molar-refractivity contribution in [3.8, 4) is 0 Å². The van der Waals surface area contributed by atoms with Crippen LogP contribution in [0.15, 0.2) is 4.52 Å². The first-order valence-corrected chi connectivity index (χ1v) is 7.34. The minimum absolute atomic E-state index is 0.468. The van der Waals surface area contributed by atoms with Crippen molar-refractivity contribution in [1.29, 1.82) is 0 Å². The van der Waals surface area contributed by atoms with Gasteiger partial charge in [0, 0.05) is 26.2 Å². The highest BCUT2D eigenvalue weighted by Gasteiger charge is 2.23. The van der Waals surface area contributed by atoms with Crippen LogP contribution < -0.4 is 5.32 Å². The Hall–Kier alpha value is -0.590. The molecule has 1 atom stereocenters. The summed E-state index contributed by atoms with van der Waals surface area (Å²) in [5, 5.41) is 7.92. The second kappa shape index (κ2) is 5.37. The summed E-state index contributed by atoms with van der Waals surface area (Å²) in [6, 6.07) is 0. The molecule has 0 radical (unpaired) electrons. The zero-order valence-corrected chi connectivity index (χ0v) is 10.7. The van der Waals surface area contributed by atoms with E-state index >= 15 is 0 Å². The SMILES string of the molecule is C1CSC(c2noc(CN3CCNCC3)n2)C1. The summed E-state index contributed by atoms with van der Waals surface area (Å²) in [6.45, 7) is 5.04. The van der Waals surface area contributed by atoms with E-state index in [1.165, 1.54) is 18.6 Å². The fourth-order valence-corrected chi connectivity index (χ4v) is 3.50. The second-order valence-corrected chi connectivity index (χ2v) is 5.88. The number of hydrogen-bond acceptors (Lipinski definition) is 6. The Labute approximate surface area is 105 Å². The minimum atomic E-state index is 0.468. The zero-order chi connectivity index (χ0) is 11.5. The van der Waals surface area contributed by atoms with E-state index in [-0.39, 0.29) is 0 Å². The third-order valence-corrected chi connectivity index (χ3v) is 4.64. The lowest BCUT2D eigenvalue weighted by Gasteiger charge is -2.25. The summed E-state index contributed by atoms with van der Waals surface area (Å²) in [7, 11) is 0. The van der Waals surface area contributed by atoms with Crippen LogP contribution in [0.5, 0.6) is 0 Å². The van der Waals surface area contributed by atoms with Crippen LogP contribution in [0, 0.1) is 0 Å². The smallest absolute Gasteiger partial charge is 0.240 e. The van der Waals surface area contributed by atoms with Gasteiger partial charge >= 0.3 is 0 Å². The van der Waals surface area contributed by atoms with E-state index in [9.17, 15) is 0 Å². The van der Waals surface area contributed by atoms with Gasteiger partial charge in [-0.3, -0.25) is 4.90 Å². The van der Waals surface area contributed by atoms with Crippen molar-refractivity contribution in [3.63, 3.8) is 0 Å². The van der Waals surface area contributed by atoms with Crippen LogP contribution in [0.25, 0.3) is 0 Å². The first kappa shape index (κ1) is 11.5. The molecule has 0 aromatic carbocycles. The van der Waals surface area contributed by atoms with Gasteiger partial charge in [0.25, 0.3) is 0 Å². The van der Waals surface area contributed by atoms with E-state index in [0.29, 0.717) is 5.25 Å². The number of nitrogens with zero attached hydrogens (tertiary/aromatic N) is 3. The molecule has 17 heavy (non-hydrogen) atoms. The van der Waals surface area contributed by atoms with Crippen LogP contribution in [0.2, 0.25) is 0 Å². The van der Waals surface area contributed by atoms with Gasteiger partial charge in [-0.1, -0.05) is 5.16 Å². The fraction of sp³-hybridized carbons (Fsp3) is 0.818. The third-order valence-electron chi connectivity index (χ3n) is 3.27. The van der Waals surface area contributed by atoms with Gasteiger partial charge in [-0.05, 0) is 18.6 Å². The molecule has 3 rings (SSSR count). The molecule has 2 aliphatic heterocycles. The number of aromatic nitrogens is 2. The number of hydrogen-bond donors (Lipinski definition) is 1. The first-order valence-electron chi connectivity index (χ1n) is 6.29. The van der Waals surface area contributed by atoms with E-state index in [4.69, 9.17) is 4.52 Å². The Bertz CT molecular complexity index is 358. The minimum Gasteiger partial charge on any atom is -0.338 e. The molecule has 3 heterocycles. The number of nitrogens with one attached hydrogen (secondary N) is 1. The fourth-order valence-electron chi connectivity index (χ4n) is 2.30. The Balaban J connectivity index is 1.59. The molecule has 2 saturated heterocycles. The summed E-state index contributed by atoms with van der Waals surface area (Å²) in [5.41, 5.74) is 0. The van der Waals surface area contributed by atoms with Gasteiger partial charge in [0.05, 0.1) is 11.8 Å². The van der Waals surface area contributed by atoms with Crippen LogP contribution in [-0.2, 0) is 6.54 Å². The van der Waals surface area contributed by atoms with Crippen molar-refractivity contribution in [2.75, 3.05) is 31.9 Å². The molecule has 1 unspecified atom stereocenters. The quantitative estimate of drug-likeness (QED) is 0.870. The van der Waals surface area contributed by atoms with Gasteiger partial charge < -0.3 is 9.84 Å². The molecule has 0 bridgehead atoms. The molecule has 0 aliphatic carbocycles. The standard InChI is InChI=1S/C11H18N4OS/c1-2-9(17-7-1)11-13-10(16-14-11)8-15-5-3-12-4-6-15/h9,12H,1-8H2. The molecular formula is C11H18N4OS. The molecule has 0 saturated carbocycles. The highest BCUT2D eigenvalue weighted by atomic mass is 32.2. The second-order valence-electron chi connectivity index (χ2n) is 4.57. The van der Waals surface area contributed by atoms with E-state index in [2.05, 4.69) is 20.4 Å². The van der Waals surface area contributed by atoms with Crippen LogP contribution in [0.1, 0.15) is 29.8 Å². The van der Waals surface area contributed by atoms with Crippen LogP contribution in [0.3, 0.4) is 0 Å². The van der Waals surface area contributed by atoms with Crippen molar-refractivity contribution in [2.24, 2.45) is 0 Å². The normalized spacial score (nSPS) is 26.5. The van der Waals surface area contributed by atoms with Gasteiger partial charge in [0.15, 0.2) is 5.82 Å². The summed E-state index contributed by atoms with van der Waals surface area (Å²) >= 11 is 1.95. The van der Waals surface area contributed by atoms with Gasteiger partial charge in [-0.25, -0.2) is 0 Å². The molecule has 1 aromatic rings. The Morgan fingerprint density at radius 1 is 1.41 bits per heavy atom.